The summed E-state index contributed by atoms with van der Waals surface area (Å²) in [6.07, 6.45) is 4.75. The van der Waals surface area contributed by atoms with Gasteiger partial charge >= 0.3 is 5.97 Å². The maximum Gasteiger partial charge on any atom is 0.314 e. The lowest BCUT2D eigenvalue weighted by Gasteiger charge is -2.26. The average Bonchev–Trinajstić information content (AvgIpc) is 2.42. The van der Waals surface area contributed by atoms with Gasteiger partial charge < -0.3 is 4.74 Å². The highest BCUT2D eigenvalue weighted by atomic mass is 19.1. The second kappa shape index (κ2) is 6.13. The first-order chi connectivity index (χ1) is 9.10. The summed E-state index contributed by atoms with van der Waals surface area (Å²) in [5.74, 6) is -1.58. The van der Waals surface area contributed by atoms with Crippen LogP contribution in [0, 0.1) is 23.5 Å². The van der Waals surface area contributed by atoms with Crippen LogP contribution in [0.1, 0.15) is 39.0 Å². The van der Waals surface area contributed by atoms with E-state index in [1.54, 1.807) is 0 Å². The molecule has 0 unspecified atom stereocenters. The Labute approximate surface area is 111 Å². The van der Waals surface area contributed by atoms with Gasteiger partial charge in [-0.3, -0.25) is 4.79 Å². The molecule has 2 nitrogen and oxygen atoms in total. The smallest absolute Gasteiger partial charge is 0.314 e. The van der Waals surface area contributed by atoms with Crippen molar-refractivity contribution in [3.63, 3.8) is 0 Å². The molecule has 1 aromatic rings. The predicted molar refractivity (Wildman–Crippen MR) is 67.7 cm³/mol. The molecule has 0 saturated heterocycles. The van der Waals surface area contributed by atoms with Crippen molar-refractivity contribution < 1.29 is 18.3 Å². The highest BCUT2D eigenvalue weighted by Gasteiger charge is 2.27. The Hall–Kier alpha value is -1.45. The lowest BCUT2D eigenvalue weighted by molar-refractivity contribution is -0.140. The molecule has 0 radical (unpaired) electrons. The number of hydrogen-bond donors (Lipinski definition) is 0. The molecule has 4 heteroatoms. The molecule has 0 atom stereocenters. The topological polar surface area (TPSA) is 26.3 Å². The lowest BCUT2D eigenvalue weighted by Crippen LogP contribution is -2.25. The van der Waals surface area contributed by atoms with Crippen molar-refractivity contribution >= 4 is 5.97 Å². The molecule has 1 aromatic carbocycles. The second-order valence-corrected chi connectivity index (χ2v) is 5.12. The van der Waals surface area contributed by atoms with Crippen molar-refractivity contribution in [2.24, 2.45) is 11.8 Å². The number of hydrogen-bond acceptors (Lipinski definition) is 2. The van der Waals surface area contributed by atoms with Gasteiger partial charge in [0.25, 0.3) is 0 Å². The fraction of sp³-hybridized carbons (Fsp3) is 0.533. The van der Waals surface area contributed by atoms with Crippen LogP contribution in [0.5, 0.6) is 5.75 Å². The minimum absolute atomic E-state index is 0.160. The molecule has 0 aliphatic heterocycles. The van der Waals surface area contributed by atoms with E-state index < -0.39 is 17.6 Å². The monoisotopic (exact) mass is 268 g/mol. The number of rotatable bonds is 3. The minimum atomic E-state index is -0.837. The van der Waals surface area contributed by atoms with Crippen molar-refractivity contribution in [3.05, 3.63) is 29.8 Å². The van der Waals surface area contributed by atoms with Gasteiger partial charge in [-0.25, -0.2) is 8.78 Å². The third-order valence-corrected chi connectivity index (χ3v) is 3.86. The number of benzene rings is 1. The largest absolute Gasteiger partial charge is 0.423 e. The van der Waals surface area contributed by atoms with E-state index in [1.807, 2.05) is 0 Å². The van der Waals surface area contributed by atoms with E-state index in [2.05, 4.69) is 6.92 Å². The van der Waals surface area contributed by atoms with Gasteiger partial charge in [0.05, 0.1) is 5.92 Å². The summed E-state index contributed by atoms with van der Waals surface area (Å²) in [5.41, 5.74) is 0. The van der Waals surface area contributed by atoms with Crippen LogP contribution in [0.25, 0.3) is 0 Å². The zero-order valence-corrected chi connectivity index (χ0v) is 11.0. The Morgan fingerprint density at radius 1 is 1.26 bits per heavy atom. The zero-order chi connectivity index (χ0) is 13.8. The summed E-state index contributed by atoms with van der Waals surface area (Å²) in [6.45, 7) is 2.15. The fourth-order valence-electron chi connectivity index (χ4n) is 2.56. The molecule has 1 fully saturated rings. The fourth-order valence-corrected chi connectivity index (χ4v) is 2.56. The van der Waals surface area contributed by atoms with Crippen molar-refractivity contribution in [1.82, 2.24) is 0 Å². The highest BCUT2D eigenvalue weighted by molar-refractivity contribution is 5.75. The minimum Gasteiger partial charge on any atom is -0.423 e. The van der Waals surface area contributed by atoms with Gasteiger partial charge in [0.1, 0.15) is 5.82 Å². The summed E-state index contributed by atoms with van der Waals surface area (Å²) in [4.78, 5) is 11.9. The zero-order valence-electron chi connectivity index (χ0n) is 11.0. The van der Waals surface area contributed by atoms with Crippen molar-refractivity contribution in [2.75, 3.05) is 0 Å². The summed E-state index contributed by atoms with van der Waals surface area (Å²) in [7, 11) is 0. The van der Waals surface area contributed by atoms with Crippen LogP contribution >= 0.6 is 0 Å². The third-order valence-electron chi connectivity index (χ3n) is 3.86. The van der Waals surface area contributed by atoms with Crippen molar-refractivity contribution in [1.29, 1.82) is 0 Å². The van der Waals surface area contributed by atoms with Gasteiger partial charge in [-0.1, -0.05) is 13.3 Å². The molecule has 0 N–H and O–H groups in total. The lowest BCUT2D eigenvalue weighted by atomic mass is 9.81. The molecular weight excluding hydrogens is 250 g/mol. The van der Waals surface area contributed by atoms with Gasteiger partial charge in [-0.2, -0.15) is 0 Å². The van der Waals surface area contributed by atoms with Crippen LogP contribution in [-0.4, -0.2) is 5.97 Å². The summed E-state index contributed by atoms with van der Waals surface area (Å²) < 4.78 is 31.1. The van der Waals surface area contributed by atoms with Crippen LogP contribution in [-0.2, 0) is 4.79 Å². The Morgan fingerprint density at radius 3 is 2.53 bits per heavy atom. The second-order valence-electron chi connectivity index (χ2n) is 5.12. The van der Waals surface area contributed by atoms with Crippen LogP contribution in [0.3, 0.4) is 0 Å². The molecular formula is C15H18F2O2. The summed E-state index contributed by atoms with van der Waals surface area (Å²) in [5, 5.41) is 0. The molecule has 19 heavy (non-hydrogen) atoms. The first-order valence-corrected chi connectivity index (χ1v) is 6.77. The molecule has 1 aliphatic rings. The maximum atomic E-state index is 13.4. The Bertz CT molecular complexity index is 451. The standard InChI is InChI=1S/C15H18F2O2/c1-2-10-3-5-11(6-4-10)15(18)19-14-8-7-12(16)9-13(14)17/h7-11H,2-6H2,1H3. The van der Waals surface area contributed by atoms with E-state index in [9.17, 15) is 13.6 Å². The van der Waals surface area contributed by atoms with E-state index in [0.29, 0.717) is 5.92 Å². The molecule has 0 spiro atoms. The number of halogens is 2. The van der Waals surface area contributed by atoms with E-state index in [1.165, 1.54) is 0 Å². The maximum absolute atomic E-state index is 13.4. The van der Waals surface area contributed by atoms with Crippen LogP contribution in [0.4, 0.5) is 8.78 Å². The van der Waals surface area contributed by atoms with E-state index in [-0.39, 0.29) is 11.7 Å². The molecule has 1 saturated carbocycles. The Kier molecular flexibility index (Phi) is 4.51. The molecule has 0 bridgehead atoms. The molecule has 104 valence electrons. The Balaban J connectivity index is 1.94. The van der Waals surface area contributed by atoms with Gasteiger partial charge in [0, 0.05) is 6.07 Å². The number of esters is 1. The molecule has 0 aromatic heterocycles. The van der Waals surface area contributed by atoms with Gasteiger partial charge in [-0.05, 0) is 43.7 Å². The van der Waals surface area contributed by atoms with Crippen LogP contribution in [0.15, 0.2) is 18.2 Å². The van der Waals surface area contributed by atoms with E-state index in [0.717, 1.165) is 50.3 Å². The van der Waals surface area contributed by atoms with Crippen molar-refractivity contribution in [2.45, 2.75) is 39.0 Å². The SMILES string of the molecule is CCC1CCC(C(=O)Oc2ccc(F)cc2F)CC1. The third kappa shape index (κ3) is 3.52. The highest BCUT2D eigenvalue weighted by Crippen LogP contribution is 2.32. The first kappa shape index (κ1) is 14.0. The molecule has 1 aliphatic carbocycles. The van der Waals surface area contributed by atoms with E-state index >= 15 is 0 Å². The number of ether oxygens (including phenoxy) is 1. The van der Waals surface area contributed by atoms with E-state index in [4.69, 9.17) is 4.74 Å². The first-order valence-electron chi connectivity index (χ1n) is 6.77. The van der Waals surface area contributed by atoms with Crippen LogP contribution < -0.4 is 4.74 Å². The Morgan fingerprint density at radius 2 is 1.95 bits per heavy atom. The number of carbonyl (C=O) groups excluding carboxylic acids is 1. The molecule has 0 heterocycles. The van der Waals surface area contributed by atoms with Gasteiger partial charge in [0.15, 0.2) is 11.6 Å². The predicted octanol–water partition coefficient (Wildman–Crippen LogP) is 4.09. The quantitative estimate of drug-likeness (QED) is 0.609. The normalized spacial score (nSPS) is 23.1. The number of carbonyl (C=O) groups is 1. The van der Waals surface area contributed by atoms with Crippen molar-refractivity contribution in [3.8, 4) is 5.75 Å². The summed E-state index contributed by atoms with van der Waals surface area (Å²) >= 11 is 0. The molecule has 2 rings (SSSR count). The molecule has 0 amide bonds. The van der Waals surface area contributed by atoms with Gasteiger partial charge in [-0.15, -0.1) is 0 Å². The summed E-state index contributed by atoms with van der Waals surface area (Å²) in [6, 6.07) is 2.95. The van der Waals surface area contributed by atoms with Crippen LogP contribution in [0.2, 0.25) is 0 Å². The van der Waals surface area contributed by atoms with Gasteiger partial charge in [0.2, 0.25) is 0 Å². The average molecular weight is 268 g/mol.